The van der Waals surface area contributed by atoms with E-state index in [2.05, 4.69) is 19.2 Å². The normalized spacial score (nSPS) is 16.4. The van der Waals surface area contributed by atoms with E-state index >= 15 is 0 Å². The smallest absolute Gasteiger partial charge is 0.407 e. The molecule has 1 fully saturated rings. The van der Waals surface area contributed by atoms with Gasteiger partial charge in [0.15, 0.2) is 6.61 Å². The minimum absolute atomic E-state index is 0.00704. The molecule has 0 aromatic heterocycles. The van der Waals surface area contributed by atoms with Crippen molar-refractivity contribution < 1.29 is 23.8 Å². The lowest BCUT2D eigenvalue weighted by molar-refractivity contribution is -0.145. The van der Waals surface area contributed by atoms with E-state index in [1.165, 1.54) is 5.56 Å². The maximum Gasteiger partial charge on any atom is 0.407 e. The molecule has 1 aliphatic carbocycles. The van der Waals surface area contributed by atoms with Crippen LogP contribution in [-0.4, -0.2) is 36.9 Å². The van der Waals surface area contributed by atoms with Crippen LogP contribution in [0, 0.1) is 5.92 Å². The van der Waals surface area contributed by atoms with Crippen molar-refractivity contribution in [1.82, 2.24) is 5.32 Å². The van der Waals surface area contributed by atoms with Crippen LogP contribution in [0.2, 0.25) is 0 Å². The Balaban J connectivity index is 2.15. The fraction of sp³-hybridized carbons (Fsp3) is 0.667. The molecule has 6 nitrogen and oxygen atoms in total. The second-order valence-electron chi connectivity index (χ2n) is 9.46. The molecule has 1 aliphatic rings. The Morgan fingerprint density at radius 3 is 2.23 bits per heavy atom. The van der Waals surface area contributed by atoms with E-state index in [-0.39, 0.29) is 30.1 Å². The van der Waals surface area contributed by atoms with Gasteiger partial charge in [0.05, 0.1) is 6.61 Å². The van der Waals surface area contributed by atoms with E-state index in [0.29, 0.717) is 18.3 Å². The molecule has 0 heterocycles. The molecule has 0 bridgehead atoms. The van der Waals surface area contributed by atoms with E-state index in [1.54, 1.807) is 6.92 Å². The first-order valence-electron chi connectivity index (χ1n) is 10.9. The summed E-state index contributed by atoms with van der Waals surface area (Å²) < 4.78 is 15.9. The molecule has 0 spiro atoms. The lowest BCUT2D eigenvalue weighted by atomic mass is 9.59. The van der Waals surface area contributed by atoms with Crippen LogP contribution >= 0.6 is 0 Å². The number of carbonyl (C=O) groups is 2. The summed E-state index contributed by atoms with van der Waals surface area (Å²) in [7, 11) is 0. The molecule has 2 rings (SSSR count). The summed E-state index contributed by atoms with van der Waals surface area (Å²) in [6, 6.07) is 7.85. The Labute approximate surface area is 180 Å². The van der Waals surface area contributed by atoms with Crippen molar-refractivity contribution in [2.45, 2.75) is 84.3 Å². The molecule has 1 N–H and O–H groups in total. The summed E-state index contributed by atoms with van der Waals surface area (Å²) in [6.45, 7) is 12.0. The summed E-state index contributed by atoms with van der Waals surface area (Å²) in [5.74, 6) is 0.687. The van der Waals surface area contributed by atoms with Gasteiger partial charge in [-0.1, -0.05) is 32.4 Å². The van der Waals surface area contributed by atoms with Gasteiger partial charge < -0.3 is 19.5 Å². The number of ether oxygens (including phenoxy) is 3. The number of carbonyl (C=O) groups excluding carboxylic acids is 2. The zero-order chi connectivity index (χ0) is 22.4. The lowest BCUT2D eigenvalue weighted by Gasteiger charge is -2.49. The monoisotopic (exact) mass is 419 g/mol. The average molecular weight is 420 g/mol. The summed E-state index contributed by atoms with van der Waals surface area (Å²) in [4.78, 5) is 24.0. The SMILES string of the molecule is CCOC(=O)COc1ccc(C2(C(CC(C)C)NC(=O)OC(C)(C)C)CCC2)cc1. The van der Waals surface area contributed by atoms with Gasteiger partial charge in [0.2, 0.25) is 0 Å². The molecule has 6 heteroatoms. The van der Waals surface area contributed by atoms with Crippen molar-refractivity contribution in [2.24, 2.45) is 5.92 Å². The van der Waals surface area contributed by atoms with Crippen molar-refractivity contribution >= 4 is 12.1 Å². The summed E-state index contributed by atoms with van der Waals surface area (Å²) in [5.41, 5.74) is 0.539. The highest BCUT2D eigenvalue weighted by molar-refractivity contribution is 5.71. The van der Waals surface area contributed by atoms with Gasteiger partial charge in [-0.3, -0.25) is 0 Å². The minimum atomic E-state index is -0.531. The minimum Gasteiger partial charge on any atom is -0.482 e. The summed E-state index contributed by atoms with van der Waals surface area (Å²) in [6.07, 6.45) is 3.67. The summed E-state index contributed by atoms with van der Waals surface area (Å²) >= 11 is 0. The van der Waals surface area contributed by atoms with Crippen LogP contribution in [0.4, 0.5) is 4.79 Å². The van der Waals surface area contributed by atoms with Crippen molar-refractivity contribution in [3.8, 4) is 5.75 Å². The van der Waals surface area contributed by atoms with Gasteiger partial charge in [-0.25, -0.2) is 9.59 Å². The Morgan fingerprint density at radius 1 is 1.13 bits per heavy atom. The highest BCUT2D eigenvalue weighted by atomic mass is 16.6. The third-order valence-electron chi connectivity index (χ3n) is 5.40. The van der Waals surface area contributed by atoms with Crippen molar-refractivity contribution in [1.29, 1.82) is 0 Å². The van der Waals surface area contributed by atoms with Crippen molar-refractivity contribution in [3.63, 3.8) is 0 Å². The van der Waals surface area contributed by atoms with E-state index in [9.17, 15) is 9.59 Å². The third kappa shape index (κ3) is 6.64. The molecular formula is C24H37NO5. The number of rotatable bonds is 9. The van der Waals surface area contributed by atoms with Crippen LogP contribution < -0.4 is 10.1 Å². The number of nitrogens with one attached hydrogen (secondary N) is 1. The van der Waals surface area contributed by atoms with Gasteiger partial charge in [-0.15, -0.1) is 0 Å². The Hall–Kier alpha value is -2.24. The molecule has 1 saturated carbocycles. The molecule has 0 radical (unpaired) electrons. The number of alkyl carbamates (subject to hydrolysis) is 1. The highest BCUT2D eigenvalue weighted by Gasteiger charge is 2.46. The Morgan fingerprint density at radius 2 is 1.77 bits per heavy atom. The topological polar surface area (TPSA) is 73.9 Å². The van der Waals surface area contributed by atoms with Gasteiger partial charge >= 0.3 is 12.1 Å². The lowest BCUT2D eigenvalue weighted by Crippen LogP contribution is -2.55. The standard InChI is InChI=1S/C24H37NO5/c1-7-28-21(26)16-29-19-11-9-18(10-12-19)24(13-8-14-24)20(15-17(2)3)25-22(27)30-23(4,5)6/h9-12,17,20H,7-8,13-16H2,1-6H3,(H,25,27). The number of hydrogen-bond donors (Lipinski definition) is 1. The fourth-order valence-corrected chi connectivity index (χ4v) is 3.97. The van der Waals surface area contributed by atoms with Crippen LogP contribution in [0.5, 0.6) is 5.75 Å². The summed E-state index contributed by atoms with van der Waals surface area (Å²) in [5, 5.41) is 3.16. The first-order chi connectivity index (χ1) is 14.1. The predicted octanol–water partition coefficient (Wildman–Crippen LogP) is 4.99. The van der Waals surface area contributed by atoms with Gasteiger partial charge in [-0.05, 0) is 70.6 Å². The molecule has 1 amide bonds. The zero-order valence-electron chi connectivity index (χ0n) is 19.2. The molecule has 1 unspecified atom stereocenters. The molecule has 1 aromatic rings. The van der Waals surface area contributed by atoms with Crippen molar-refractivity contribution in [2.75, 3.05) is 13.2 Å². The Bertz CT molecular complexity index is 701. The van der Waals surface area contributed by atoms with Gasteiger partial charge in [0.25, 0.3) is 0 Å². The average Bonchev–Trinajstić information content (AvgIpc) is 2.58. The van der Waals surface area contributed by atoms with E-state index in [0.717, 1.165) is 25.7 Å². The van der Waals surface area contributed by atoms with Crippen LogP contribution in [-0.2, 0) is 19.7 Å². The maximum absolute atomic E-state index is 12.5. The molecule has 1 atom stereocenters. The quantitative estimate of drug-likeness (QED) is 0.571. The molecule has 168 valence electrons. The zero-order valence-corrected chi connectivity index (χ0v) is 19.2. The van der Waals surface area contributed by atoms with Crippen molar-refractivity contribution in [3.05, 3.63) is 29.8 Å². The molecule has 0 saturated heterocycles. The molecule has 1 aromatic carbocycles. The van der Waals surface area contributed by atoms with Gasteiger partial charge in [-0.2, -0.15) is 0 Å². The molecule has 0 aliphatic heterocycles. The number of amides is 1. The first kappa shape index (κ1) is 24.0. The maximum atomic E-state index is 12.5. The third-order valence-corrected chi connectivity index (χ3v) is 5.40. The second kappa shape index (κ2) is 10.2. The van der Waals surface area contributed by atoms with E-state index < -0.39 is 5.60 Å². The second-order valence-corrected chi connectivity index (χ2v) is 9.46. The molecular weight excluding hydrogens is 382 g/mol. The number of benzene rings is 1. The Kier molecular flexibility index (Phi) is 8.16. The predicted molar refractivity (Wildman–Crippen MR) is 117 cm³/mol. The largest absolute Gasteiger partial charge is 0.482 e. The van der Waals surface area contributed by atoms with Gasteiger partial charge in [0.1, 0.15) is 11.4 Å². The van der Waals surface area contributed by atoms with E-state index in [4.69, 9.17) is 14.2 Å². The fourth-order valence-electron chi connectivity index (χ4n) is 3.97. The van der Waals surface area contributed by atoms with Crippen LogP contribution in [0.1, 0.15) is 72.8 Å². The van der Waals surface area contributed by atoms with Crippen LogP contribution in [0.3, 0.4) is 0 Å². The molecule has 30 heavy (non-hydrogen) atoms. The van der Waals surface area contributed by atoms with Crippen LogP contribution in [0.25, 0.3) is 0 Å². The van der Waals surface area contributed by atoms with E-state index in [1.807, 2.05) is 45.0 Å². The van der Waals surface area contributed by atoms with Crippen LogP contribution in [0.15, 0.2) is 24.3 Å². The first-order valence-corrected chi connectivity index (χ1v) is 10.9. The number of esters is 1. The van der Waals surface area contributed by atoms with Gasteiger partial charge in [0, 0.05) is 11.5 Å². The number of hydrogen-bond acceptors (Lipinski definition) is 5. The highest BCUT2D eigenvalue weighted by Crippen LogP contribution is 2.48.